The summed E-state index contributed by atoms with van der Waals surface area (Å²) in [7, 11) is 0. The van der Waals surface area contributed by atoms with Crippen LogP contribution in [0.5, 0.6) is 0 Å². The minimum absolute atomic E-state index is 0.0404. The van der Waals surface area contributed by atoms with Gasteiger partial charge in [-0.25, -0.2) is 4.98 Å². The molecule has 4 nitrogen and oxygen atoms in total. The number of rotatable bonds is 4. The lowest BCUT2D eigenvalue weighted by Gasteiger charge is -2.30. The highest BCUT2D eigenvalue weighted by Gasteiger charge is 2.26. The highest BCUT2D eigenvalue weighted by atomic mass is 32.2. The summed E-state index contributed by atoms with van der Waals surface area (Å²) < 4.78 is 0. The number of hydrogen-bond acceptors (Lipinski definition) is 4. The van der Waals surface area contributed by atoms with E-state index in [0.717, 1.165) is 17.7 Å². The zero-order valence-corrected chi connectivity index (χ0v) is 15.2. The van der Waals surface area contributed by atoms with Crippen molar-refractivity contribution < 1.29 is 4.79 Å². The molecule has 1 amide bonds. The molecule has 1 aliphatic carbocycles. The van der Waals surface area contributed by atoms with E-state index in [1.807, 2.05) is 26.8 Å². The van der Waals surface area contributed by atoms with Gasteiger partial charge in [0.15, 0.2) is 0 Å². The van der Waals surface area contributed by atoms with E-state index in [2.05, 4.69) is 23.3 Å². The van der Waals surface area contributed by atoms with E-state index in [4.69, 9.17) is 0 Å². The molecule has 23 heavy (non-hydrogen) atoms. The van der Waals surface area contributed by atoms with Gasteiger partial charge in [0.2, 0.25) is 5.91 Å². The predicted octanol–water partition coefficient (Wildman–Crippen LogP) is 3.75. The van der Waals surface area contributed by atoms with E-state index in [-0.39, 0.29) is 17.2 Å². The number of aryl methyl sites for hydroxylation is 2. The van der Waals surface area contributed by atoms with Gasteiger partial charge in [0, 0.05) is 11.7 Å². The fraction of sp³-hybridized carbons (Fsp3) is 0.611. The highest BCUT2D eigenvalue weighted by molar-refractivity contribution is 8.00. The molecule has 0 aliphatic heterocycles. The highest BCUT2D eigenvalue weighted by Crippen LogP contribution is 2.28. The second-order valence-corrected chi connectivity index (χ2v) is 7.84. The maximum atomic E-state index is 12.5. The number of thioether (sulfide) groups is 1. The first-order chi connectivity index (χ1) is 10.9. The molecule has 1 fully saturated rings. The third-order valence-electron chi connectivity index (χ3n) is 4.52. The number of hydrogen-bond donors (Lipinski definition) is 1. The van der Waals surface area contributed by atoms with E-state index in [9.17, 15) is 10.1 Å². The zero-order valence-electron chi connectivity index (χ0n) is 14.3. The van der Waals surface area contributed by atoms with Crippen LogP contribution in [0.4, 0.5) is 0 Å². The summed E-state index contributed by atoms with van der Waals surface area (Å²) in [6.45, 7) is 7.91. The van der Waals surface area contributed by atoms with Crippen LogP contribution < -0.4 is 5.32 Å². The molecule has 0 saturated heterocycles. The van der Waals surface area contributed by atoms with Crippen molar-refractivity contribution in [3.8, 4) is 6.07 Å². The smallest absolute Gasteiger partial charge is 0.233 e. The van der Waals surface area contributed by atoms with Crippen LogP contribution in [0, 0.1) is 31.1 Å². The molecule has 0 spiro atoms. The molecular formula is C18H25N3OS. The molecular weight excluding hydrogens is 306 g/mol. The predicted molar refractivity (Wildman–Crippen MR) is 93.3 cm³/mol. The quantitative estimate of drug-likeness (QED) is 0.853. The second kappa shape index (κ2) is 7.83. The van der Waals surface area contributed by atoms with Crippen molar-refractivity contribution in [2.75, 3.05) is 0 Å². The average molecular weight is 331 g/mol. The lowest BCUT2D eigenvalue weighted by Crippen LogP contribution is -2.44. The third kappa shape index (κ3) is 4.48. The van der Waals surface area contributed by atoms with Crippen LogP contribution in [0.2, 0.25) is 0 Å². The SMILES string of the molecule is Cc1cc(C)c(C#N)c(S[C@H](C)C(=O)N[C@H]2CCCC[C@H]2C)n1. The van der Waals surface area contributed by atoms with Crippen molar-refractivity contribution in [3.05, 3.63) is 22.9 Å². The zero-order chi connectivity index (χ0) is 17.0. The normalized spacial score (nSPS) is 22.2. The molecule has 1 aromatic heterocycles. The number of nitrogens with one attached hydrogen (secondary N) is 1. The first-order valence-electron chi connectivity index (χ1n) is 8.27. The Morgan fingerprint density at radius 2 is 2.13 bits per heavy atom. The summed E-state index contributed by atoms with van der Waals surface area (Å²) in [5, 5.41) is 12.9. The fourth-order valence-corrected chi connectivity index (χ4v) is 4.11. The van der Waals surface area contributed by atoms with Crippen LogP contribution in [0.15, 0.2) is 11.1 Å². The molecule has 1 aromatic rings. The second-order valence-electron chi connectivity index (χ2n) is 6.51. The summed E-state index contributed by atoms with van der Waals surface area (Å²) in [5.41, 5.74) is 2.36. The minimum atomic E-state index is -0.259. The van der Waals surface area contributed by atoms with Crippen LogP contribution in [0.25, 0.3) is 0 Å². The van der Waals surface area contributed by atoms with Gasteiger partial charge in [-0.2, -0.15) is 5.26 Å². The number of amides is 1. The lowest BCUT2D eigenvalue weighted by molar-refractivity contribution is -0.121. The largest absolute Gasteiger partial charge is 0.352 e. The molecule has 1 N–H and O–H groups in total. The Kier molecular flexibility index (Phi) is 6.06. The number of nitrogens with zero attached hydrogens (tertiary/aromatic N) is 2. The van der Waals surface area contributed by atoms with Gasteiger partial charge in [-0.1, -0.05) is 31.5 Å². The summed E-state index contributed by atoms with van der Waals surface area (Å²) >= 11 is 1.38. The maximum Gasteiger partial charge on any atom is 0.233 e. The molecule has 5 heteroatoms. The molecule has 1 aliphatic rings. The van der Waals surface area contributed by atoms with E-state index in [0.29, 0.717) is 16.5 Å². The van der Waals surface area contributed by atoms with Crippen molar-refractivity contribution in [3.63, 3.8) is 0 Å². The van der Waals surface area contributed by atoms with Crippen LogP contribution >= 0.6 is 11.8 Å². The van der Waals surface area contributed by atoms with Crippen molar-refractivity contribution in [1.82, 2.24) is 10.3 Å². The van der Waals surface area contributed by atoms with Crippen molar-refractivity contribution in [1.29, 1.82) is 5.26 Å². The molecule has 1 heterocycles. The van der Waals surface area contributed by atoms with Gasteiger partial charge in [-0.15, -0.1) is 0 Å². The van der Waals surface area contributed by atoms with Gasteiger partial charge in [0.25, 0.3) is 0 Å². The molecule has 0 unspecified atom stereocenters. The summed E-state index contributed by atoms with van der Waals surface area (Å²) in [6, 6.07) is 4.39. The van der Waals surface area contributed by atoms with Gasteiger partial charge in [-0.3, -0.25) is 4.79 Å². The summed E-state index contributed by atoms with van der Waals surface area (Å²) in [5.74, 6) is 0.581. The Morgan fingerprint density at radius 3 is 2.78 bits per heavy atom. The van der Waals surface area contributed by atoms with Crippen LogP contribution in [0.1, 0.15) is 56.4 Å². The topological polar surface area (TPSA) is 65.8 Å². The average Bonchev–Trinajstić information content (AvgIpc) is 2.49. The Hall–Kier alpha value is -1.54. The Morgan fingerprint density at radius 1 is 1.43 bits per heavy atom. The number of pyridine rings is 1. The monoisotopic (exact) mass is 331 g/mol. The Labute approximate surface area is 143 Å². The van der Waals surface area contributed by atoms with Crippen LogP contribution in [-0.4, -0.2) is 22.2 Å². The van der Waals surface area contributed by atoms with Gasteiger partial charge < -0.3 is 5.32 Å². The molecule has 0 bridgehead atoms. The lowest BCUT2D eigenvalue weighted by atomic mass is 9.86. The summed E-state index contributed by atoms with van der Waals surface area (Å²) in [6.07, 6.45) is 4.70. The summed E-state index contributed by atoms with van der Waals surface area (Å²) in [4.78, 5) is 16.9. The number of nitriles is 1. The van der Waals surface area contributed by atoms with E-state index < -0.39 is 0 Å². The molecule has 2 rings (SSSR count). The van der Waals surface area contributed by atoms with Gasteiger partial charge in [0.05, 0.1) is 10.8 Å². The van der Waals surface area contributed by atoms with Crippen molar-refractivity contribution in [2.24, 2.45) is 5.92 Å². The first kappa shape index (κ1) is 17.8. The van der Waals surface area contributed by atoms with E-state index in [1.54, 1.807) is 0 Å². The van der Waals surface area contributed by atoms with E-state index >= 15 is 0 Å². The molecule has 0 radical (unpaired) electrons. The minimum Gasteiger partial charge on any atom is -0.352 e. The molecule has 0 aromatic carbocycles. The van der Waals surface area contributed by atoms with Crippen LogP contribution in [-0.2, 0) is 4.79 Å². The fourth-order valence-electron chi connectivity index (χ4n) is 3.08. The molecule has 3 atom stereocenters. The van der Waals surface area contributed by atoms with Crippen molar-refractivity contribution >= 4 is 17.7 Å². The first-order valence-corrected chi connectivity index (χ1v) is 9.15. The maximum absolute atomic E-state index is 12.5. The third-order valence-corrected chi connectivity index (χ3v) is 5.61. The number of carbonyl (C=O) groups excluding carboxylic acids is 1. The van der Waals surface area contributed by atoms with Crippen LogP contribution in [0.3, 0.4) is 0 Å². The standard InChI is InChI=1S/C18H25N3OS/c1-11-7-5-6-8-16(11)21-17(22)14(4)23-18-15(10-19)12(2)9-13(3)20-18/h9,11,14,16H,5-8H2,1-4H3,(H,21,22)/t11-,14-,16+/m1/s1. The molecule has 1 saturated carbocycles. The van der Waals surface area contributed by atoms with E-state index in [1.165, 1.54) is 31.0 Å². The Balaban J connectivity index is 2.05. The van der Waals surface area contributed by atoms with Gasteiger partial charge in [0.1, 0.15) is 11.1 Å². The Bertz CT molecular complexity index is 623. The van der Waals surface area contributed by atoms with Crippen molar-refractivity contribution in [2.45, 2.75) is 69.7 Å². The molecule has 124 valence electrons. The number of carbonyl (C=O) groups is 1. The number of aromatic nitrogens is 1. The van der Waals surface area contributed by atoms with Gasteiger partial charge in [-0.05, 0) is 51.2 Å². The van der Waals surface area contributed by atoms with Gasteiger partial charge >= 0.3 is 0 Å².